The van der Waals surface area contributed by atoms with Gasteiger partial charge in [-0.25, -0.2) is 0 Å². The molecule has 1 saturated carbocycles. The summed E-state index contributed by atoms with van der Waals surface area (Å²) < 4.78 is 0. The third kappa shape index (κ3) is 5.44. The quantitative estimate of drug-likeness (QED) is 0.497. The van der Waals surface area contributed by atoms with Gasteiger partial charge in [0.15, 0.2) is 0 Å². The molecule has 1 heteroatoms. The molecule has 0 spiro atoms. The number of nitrogens with one attached hydrogen (secondary N) is 1. The van der Waals surface area contributed by atoms with E-state index in [9.17, 15) is 0 Å². The van der Waals surface area contributed by atoms with E-state index in [1.165, 1.54) is 51.4 Å². The second-order valence-electron chi connectivity index (χ2n) is 5.85. The molecule has 0 aliphatic heterocycles. The minimum Gasteiger partial charge on any atom is -0.314 e. The Labute approximate surface area is 114 Å². The van der Waals surface area contributed by atoms with Crippen LogP contribution in [0.2, 0.25) is 0 Å². The van der Waals surface area contributed by atoms with Crippen LogP contribution in [0.15, 0.2) is 0 Å². The highest BCUT2D eigenvalue weighted by atomic mass is 14.9. The Bertz CT molecular complexity index is 232. The number of hydrogen-bond donors (Lipinski definition) is 1. The Morgan fingerprint density at radius 3 is 2.50 bits per heavy atom. The fraction of sp³-hybridized carbons (Fsp3) is 0.882. The molecule has 1 N–H and O–H groups in total. The summed E-state index contributed by atoms with van der Waals surface area (Å²) in [5.41, 5.74) is 0. The summed E-state index contributed by atoms with van der Waals surface area (Å²) in [4.78, 5) is 0. The van der Waals surface area contributed by atoms with Crippen molar-refractivity contribution in [1.29, 1.82) is 0 Å². The third-order valence-corrected chi connectivity index (χ3v) is 4.53. The van der Waals surface area contributed by atoms with Crippen LogP contribution in [-0.2, 0) is 0 Å². The first-order chi connectivity index (χ1) is 8.81. The zero-order valence-electron chi connectivity index (χ0n) is 12.4. The second-order valence-corrected chi connectivity index (χ2v) is 5.85. The monoisotopic (exact) mass is 249 g/mol. The van der Waals surface area contributed by atoms with Crippen molar-refractivity contribution in [2.75, 3.05) is 6.54 Å². The van der Waals surface area contributed by atoms with Crippen LogP contribution in [0.4, 0.5) is 0 Å². The summed E-state index contributed by atoms with van der Waals surface area (Å²) in [5.74, 6) is 4.67. The fourth-order valence-electron chi connectivity index (χ4n) is 3.26. The Hall–Kier alpha value is -0.480. The van der Waals surface area contributed by atoms with Crippen LogP contribution >= 0.6 is 0 Å². The molecule has 1 unspecified atom stereocenters. The molecule has 0 aromatic carbocycles. The largest absolute Gasteiger partial charge is 0.314 e. The lowest BCUT2D eigenvalue weighted by atomic mass is 9.76. The standard InChI is InChI=1S/C17H31N/c1-4-7-8-9-17(18-14-5-2)16-12-10-15(6-3)11-13-16/h1,15-18H,5-14H2,2-3H3. The minimum absolute atomic E-state index is 0.719. The Balaban J connectivity index is 2.36. The molecule has 1 nitrogen and oxygen atoms in total. The smallest absolute Gasteiger partial charge is 0.00956 e. The highest BCUT2D eigenvalue weighted by Gasteiger charge is 2.26. The van der Waals surface area contributed by atoms with E-state index < -0.39 is 0 Å². The molecule has 1 aliphatic rings. The first kappa shape index (κ1) is 15.6. The molecule has 1 atom stereocenters. The Morgan fingerprint density at radius 2 is 1.94 bits per heavy atom. The topological polar surface area (TPSA) is 12.0 Å². The molecule has 0 radical (unpaired) electrons. The molecule has 1 fully saturated rings. The first-order valence-corrected chi connectivity index (χ1v) is 7.98. The van der Waals surface area contributed by atoms with E-state index in [0.29, 0.717) is 0 Å². The molecule has 18 heavy (non-hydrogen) atoms. The van der Waals surface area contributed by atoms with Gasteiger partial charge in [-0.3, -0.25) is 0 Å². The highest BCUT2D eigenvalue weighted by molar-refractivity contribution is 4.86. The average Bonchev–Trinajstić information content (AvgIpc) is 2.43. The average molecular weight is 249 g/mol. The number of rotatable bonds is 8. The predicted molar refractivity (Wildman–Crippen MR) is 80.5 cm³/mol. The van der Waals surface area contributed by atoms with Crippen molar-refractivity contribution in [3.05, 3.63) is 0 Å². The molecule has 0 bridgehead atoms. The van der Waals surface area contributed by atoms with E-state index in [0.717, 1.165) is 30.8 Å². The summed E-state index contributed by atoms with van der Waals surface area (Å²) in [5, 5.41) is 3.76. The lowest BCUT2D eigenvalue weighted by molar-refractivity contribution is 0.209. The molecule has 0 amide bonds. The molecule has 0 aromatic rings. The lowest BCUT2D eigenvalue weighted by Crippen LogP contribution is -2.38. The van der Waals surface area contributed by atoms with Crippen LogP contribution in [0.3, 0.4) is 0 Å². The zero-order valence-corrected chi connectivity index (χ0v) is 12.4. The van der Waals surface area contributed by atoms with Crippen LogP contribution in [-0.4, -0.2) is 12.6 Å². The minimum atomic E-state index is 0.719. The van der Waals surface area contributed by atoms with Gasteiger partial charge in [0, 0.05) is 12.5 Å². The van der Waals surface area contributed by atoms with Crippen molar-refractivity contribution in [2.24, 2.45) is 11.8 Å². The molecule has 0 aromatic heterocycles. The van der Waals surface area contributed by atoms with Gasteiger partial charge in [0.05, 0.1) is 0 Å². The molecular weight excluding hydrogens is 218 g/mol. The molecule has 0 heterocycles. The maximum absolute atomic E-state index is 5.36. The Morgan fingerprint density at radius 1 is 1.22 bits per heavy atom. The van der Waals surface area contributed by atoms with E-state index in [2.05, 4.69) is 25.1 Å². The van der Waals surface area contributed by atoms with Gasteiger partial charge < -0.3 is 5.32 Å². The normalized spacial score (nSPS) is 25.6. The predicted octanol–water partition coefficient (Wildman–Crippen LogP) is 4.37. The number of terminal acetylenes is 1. The molecule has 1 aliphatic carbocycles. The van der Waals surface area contributed by atoms with Gasteiger partial charge in [-0.05, 0) is 50.5 Å². The summed E-state index contributed by atoms with van der Waals surface area (Å²) in [7, 11) is 0. The summed E-state index contributed by atoms with van der Waals surface area (Å²) >= 11 is 0. The van der Waals surface area contributed by atoms with E-state index >= 15 is 0 Å². The van der Waals surface area contributed by atoms with Crippen molar-refractivity contribution in [1.82, 2.24) is 5.32 Å². The first-order valence-electron chi connectivity index (χ1n) is 7.98. The van der Waals surface area contributed by atoms with Gasteiger partial charge in [0.25, 0.3) is 0 Å². The van der Waals surface area contributed by atoms with E-state index in [4.69, 9.17) is 6.42 Å². The van der Waals surface area contributed by atoms with Gasteiger partial charge in [-0.1, -0.05) is 33.1 Å². The van der Waals surface area contributed by atoms with Crippen molar-refractivity contribution < 1.29 is 0 Å². The third-order valence-electron chi connectivity index (χ3n) is 4.53. The highest BCUT2D eigenvalue weighted by Crippen LogP contribution is 2.33. The summed E-state index contributed by atoms with van der Waals surface area (Å²) in [6.07, 6.45) is 17.1. The van der Waals surface area contributed by atoms with Crippen molar-refractivity contribution in [2.45, 2.75) is 77.7 Å². The second kappa shape index (κ2) is 9.45. The fourth-order valence-corrected chi connectivity index (χ4v) is 3.26. The van der Waals surface area contributed by atoms with E-state index in [1.807, 2.05) is 0 Å². The van der Waals surface area contributed by atoms with Crippen molar-refractivity contribution >= 4 is 0 Å². The molecular formula is C17H31N. The van der Waals surface area contributed by atoms with Crippen LogP contribution in [0.25, 0.3) is 0 Å². The zero-order chi connectivity index (χ0) is 13.2. The van der Waals surface area contributed by atoms with Crippen LogP contribution in [0, 0.1) is 24.2 Å². The van der Waals surface area contributed by atoms with E-state index in [1.54, 1.807) is 0 Å². The molecule has 0 saturated heterocycles. The lowest BCUT2D eigenvalue weighted by Gasteiger charge is -2.34. The van der Waals surface area contributed by atoms with Crippen LogP contribution in [0.5, 0.6) is 0 Å². The summed E-state index contributed by atoms with van der Waals surface area (Å²) in [6, 6.07) is 0.719. The van der Waals surface area contributed by atoms with Gasteiger partial charge in [0.2, 0.25) is 0 Å². The number of unbranched alkanes of at least 4 members (excludes halogenated alkanes) is 1. The van der Waals surface area contributed by atoms with Gasteiger partial charge in [0.1, 0.15) is 0 Å². The van der Waals surface area contributed by atoms with Crippen LogP contribution < -0.4 is 5.32 Å². The molecule has 1 rings (SSSR count). The van der Waals surface area contributed by atoms with Gasteiger partial charge >= 0.3 is 0 Å². The summed E-state index contributed by atoms with van der Waals surface area (Å²) in [6.45, 7) is 5.75. The van der Waals surface area contributed by atoms with Gasteiger partial charge in [-0.2, -0.15) is 0 Å². The number of hydrogen-bond acceptors (Lipinski definition) is 1. The Kier molecular flexibility index (Phi) is 8.18. The van der Waals surface area contributed by atoms with E-state index in [-0.39, 0.29) is 0 Å². The van der Waals surface area contributed by atoms with Gasteiger partial charge in [-0.15, -0.1) is 12.3 Å². The maximum atomic E-state index is 5.36. The molecule has 104 valence electrons. The van der Waals surface area contributed by atoms with Crippen molar-refractivity contribution in [3.8, 4) is 12.3 Å². The SMILES string of the molecule is C#CCCCC(NCCC)C1CCC(CC)CC1. The maximum Gasteiger partial charge on any atom is 0.00956 e. The van der Waals surface area contributed by atoms with Crippen LogP contribution in [0.1, 0.15) is 71.6 Å². The van der Waals surface area contributed by atoms with Crippen molar-refractivity contribution in [3.63, 3.8) is 0 Å².